The zero-order valence-corrected chi connectivity index (χ0v) is 15.3. The summed E-state index contributed by atoms with van der Waals surface area (Å²) >= 11 is 0. The Hall–Kier alpha value is -3.35. The summed E-state index contributed by atoms with van der Waals surface area (Å²) in [5, 5.41) is 5.36. The van der Waals surface area contributed by atoms with Gasteiger partial charge in [-0.3, -0.25) is 9.59 Å². The predicted molar refractivity (Wildman–Crippen MR) is 101 cm³/mol. The van der Waals surface area contributed by atoms with E-state index in [1.165, 1.54) is 20.3 Å². The molecule has 142 valence electrons. The third-order valence-corrected chi connectivity index (χ3v) is 3.79. The van der Waals surface area contributed by atoms with Gasteiger partial charge in [-0.05, 0) is 23.8 Å². The van der Waals surface area contributed by atoms with Crippen LogP contribution in [0.3, 0.4) is 0 Å². The van der Waals surface area contributed by atoms with Crippen molar-refractivity contribution in [2.75, 3.05) is 26.1 Å². The van der Waals surface area contributed by atoms with Crippen LogP contribution < -0.4 is 15.4 Å². The van der Waals surface area contributed by atoms with Gasteiger partial charge in [0.15, 0.2) is 0 Å². The molecule has 0 aromatic heterocycles. The summed E-state index contributed by atoms with van der Waals surface area (Å²) in [5.41, 5.74) is 1.42. The quantitative estimate of drug-likeness (QED) is 0.695. The molecule has 27 heavy (non-hydrogen) atoms. The Kier molecular flexibility index (Phi) is 7.37. The minimum atomic E-state index is -0.583. The highest BCUT2D eigenvalue weighted by Crippen LogP contribution is 2.23. The Morgan fingerprint density at radius 3 is 2.37 bits per heavy atom. The first-order valence-corrected chi connectivity index (χ1v) is 8.40. The monoisotopic (exact) mass is 370 g/mol. The van der Waals surface area contributed by atoms with Crippen molar-refractivity contribution in [3.63, 3.8) is 0 Å². The molecule has 2 amide bonds. The van der Waals surface area contributed by atoms with Gasteiger partial charge >= 0.3 is 5.97 Å². The fourth-order valence-corrected chi connectivity index (χ4v) is 2.41. The van der Waals surface area contributed by atoms with Gasteiger partial charge in [-0.2, -0.15) is 0 Å². The minimum absolute atomic E-state index is 0.0766. The van der Waals surface area contributed by atoms with E-state index in [1.54, 1.807) is 12.1 Å². The Morgan fingerprint density at radius 2 is 1.70 bits per heavy atom. The Labute approximate surface area is 157 Å². The van der Waals surface area contributed by atoms with E-state index in [1.807, 2.05) is 30.3 Å². The molecule has 0 bridgehead atoms. The lowest BCUT2D eigenvalue weighted by Crippen LogP contribution is -2.29. The molecule has 0 heterocycles. The molecule has 2 aromatic carbocycles. The number of nitrogens with one attached hydrogen (secondary N) is 2. The van der Waals surface area contributed by atoms with E-state index in [0.29, 0.717) is 11.4 Å². The lowest BCUT2D eigenvalue weighted by Gasteiger charge is -2.11. The minimum Gasteiger partial charge on any atom is -0.497 e. The molecule has 0 saturated heterocycles. The standard InChI is InChI=1S/C20H22N2O5/c1-26-15-8-9-17(16(13-15)20(25)27-2)22-18(23)10-11-21-19(24)12-14-6-4-3-5-7-14/h3-9,13H,10-12H2,1-2H3,(H,21,24)(H,22,23). The second-order valence-electron chi connectivity index (χ2n) is 5.71. The number of anilines is 1. The molecule has 0 unspecified atom stereocenters. The molecule has 0 spiro atoms. The number of hydrogen-bond donors (Lipinski definition) is 2. The van der Waals surface area contributed by atoms with Crippen molar-refractivity contribution in [3.05, 3.63) is 59.7 Å². The van der Waals surface area contributed by atoms with E-state index in [2.05, 4.69) is 10.6 Å². The van der Waals surface area contributed by atoms with Gasteiger partial charge in [0, 0.05) is 13.0 Å². The van der Waals surface area contributed by atoms with Gasteiger partial charge < -0.3 is 20.1 Å². The smallest absolute Gasteiger partial charge is 0.340 e. The molecule has 0 aliphatic heterocycles. The van der Waals surface area contributed by atoms with Crippen molar-refractivity contribution >= 4 is 23.5 Å². The summed E-state index contributed by atoms with van der Waals surface area (Å²) in [5.74, 6) is -0.596. The van der Waals surface area contributed by atoms with Crippen molar-refractivity contribution in [2.24, 2.45) is 0 Å². The molecule has 0 atom stereocenters. The highest BCUT2D eigenvalue weighted by molar-refractivity contribution is 6.01. The predicted octanol–water partition coefficient (Wildman–Crippen LogP) is 2.17. The van der Waals surface area contributed by atoms with Crippen LogP contribution in [-0.4, -0.2) is 38.5 Å². The molecule has 0 saturated carbocycles. The van der Waals surface area contributed by atoms with E-state index in [9.17, 15) is 14.4 Å². The summed E-state index contributed by atoms with van der Waals surface area (Å²) < 4.78 is 9.81. The third kappa shape index (κ3) is 6.14. The summed E-state index contributed by atoms with van der Waals surface area (Å²) in [6, 6.07) is 14.0. The number of carbonyl (C=O) groups is 3. The van der Waals surface area contributed by atoms with Crippen molar-refractivity contribution in [3.8, 4) is 5.75 Å². The van der Waals surface area contributed by atoms with Crippen molar-refractivity contribution in [2.45, 2.75) is 12.8 Å². The van der Waals surface area contributed by atoms with E-state index in [4.69, 9.17) is 9.47 Å². The normalized spacial score (nSPS) is 10.0. The number of methoxy groups -OCH3 is 2. The largest absolute Gasteiger partial charge is 0.497 e. The molecular weight excluding hydrogens is 348 g/mol. The van der Waals surface area contributed by atoms with Crippen LogP contribution in [0.4, 0.5) is 5.69 Å². The van der Waals surface area contributed by atoms with Gasteiger partial charge in [0.25, 0.3) is 0 Å². The maximum Gasteiger partial charge on any atom is 0.340 e. The average molecular weight is 370 g/mol. The first-order valence-electron chi connectivity index (χ1n) is 8.40. The van der Waals surface area contributed by atoms with Crippen molar-refractivity contribution in [1.29, 1.82) is 0 Å². The summed E-state index contributed by atoms with van der Waals surface area (Å²) in [7, 11) is 2.74. The van der Waals surface area contributed by atoms with E-state index in [-0.39, 0.29) is 36.8 Å². The van der Waals surface area contributed by atoms with Crippen LogP contribution >= 0.6 is 0 Å². The first-order chi connectivity index (χ1) is 13.0. The van der Waals surface area contributed by atoms with Crippen LogP contribution in [-0.2, 0) is 20.7 Å². The number of amides is 2. The number of rotatable bonds is 8. The Morgan fingerprint density at radius 1 is 0.963 bits per heavy atom. The molecule has 7 heteroatoms. The Balaban J connectivity index is 1.86. The summed E-state index contributed by atoms with van der Waals surface area (Å²) in [4.78, 5) is 35.9. The summed E-state index contributed by atoms with van der Waals surface area (Å²) in [6.07, 6.45) is 0.334. The number of ether oxygens (including phenoxy) is 2. The molecular formula is C20H22N2O5. The van der Waals surface area contributed by atoms with Crippen molar-refractivity contribution < 1.29 is 23.9 Å². The van der Waals surface area contributed by atoms with Crippen LogP contribution in [0, 0.1) is 0 Å². The molecule has 0 aliphatic carbocycles. The van der Waals surface area contributed by atoms with E-state index >= 15 is 0 Å². The molecule has 0 fully saturated rings. The second kappa shape index (κ2) is 9.96. The van der Waals surface area contributed by atoms with E-state index < -0.39 is 5.97 Å². The lowest BCUT2D eigenvalue weighted by molar-refractivity contribution is -0.120. The van der Waals surface area contributed by atoms with Crippen LogP contribution in [0.15, 0.2) is 48.5 Å². The maximum absolute atomic E-state index is 12.1. The Bertz CT molecular complexity index is 805. The average Bonchev–Trinajstić information content (AvgIpc) is 2.68. The molecule has 7 nitrogen and oxygen atoms in total. The number of esters is 1. The highest BCUT2D eigenvalue weighted by atomic mass is 16.5. The third-order valence-electron chi connectivity index (χ3n) is 3.79. The van der Waals surface area contributed by atoms with Gasteiger partial charge in [0.1, 0.15) is 5.75 Å². The topological polar surface area (TPSA) is 93.7 Å². The number of benzene rings is 2. The van der Waals surface area contributed by atoms with Crippen LogP contribution in [0.25, 0.3) is 0 Å². The van der Waals surface area contributed by atoms with Gasteiger partial charge in [-0.1, -0.05) is 30.3 Å². The van der Waals surface area contributed by atoms with Gasteiger partial charge in [0.05, 0.1) is 31.9 Å². The second-order valence-corrected chi connectivity index (χ2v) is 5.71. The van der Waals surface area contributed by atoms with Crippen molar-refractivity contribution in [1.82, 2.24) is 5.32 Å². The summed E-state index contributed by atoms with van der Waals surface area (Å²) in [6.45, 7) is 0.196. The number of carbonyl (C=O) groups excluding carboxylic acids is 3. The molecule has 2 aromatic rings. The molecule has 2 rings (SSSR count). The van der Waals surface area contributed by atoms with E-state index in [0.717, 1.165) is 5.56 Å². The fraction of sp³-hybridized carbons (Fsp3) is 0.250. The van der Waals surface area contributed by atoms with Gasteiger partial charge in [-0.15, -0.1) is 0 Å². The highest BCUT2D eigenvalue weighted by Gasteiger charge is 2.15. The lowest BCUT2D eigenvalue weighted by atomic mass is 10.1. The zero-order chi connectivity index (χ0) is 19.6. The van der Waals surface area contributed by atoms with Crippen LogP contribution in [0.1, 0.15) is 22.3 Å². The van der Waals surface area contributed by atoms with Crippen LogP contribution in [0.2, 0.25) is 0 Å². The van der Waals surface area contributed by atoms with Crippen LogP contribution in [0.5, 0.6) is 5.75 Å². The molecule has 0 radical (unpaired) electrons. The van der Waals surface area contributed by atoms with Gasteiger partial charge in [-0.25, -0.2) is 4.79 Å². The zero-order valence-electron chi connectivity index (χ0n) is 15.3. The maximum atomic E-state index is 12.1. The number of hydrogen-bond acceptors (Lipinski definition) is 5. The fourth-order valence-electron chi connectivity index (χ4n) is 2.41. The molecule has 0 aliphatic rings. The SMILES string of the molecule is COC(=O)c1cc(OC)ccc1NC(=O)CCNC(=O)Cc1ccccc1. The molecule has 2 N–H and O–H groups in total. The first kappa shape index (κ1) is 20.0. The van der Waals surface area contributed by atoms with Gasteiger partial charge in [0.2, 0.25) is 11.8 Å².